The van der Waals surface area contributed by atoms with E-state index < -0.39 is 16.9 Å². The highest BCUT2D eigenvalue weighted by molar-refractivity contribution is 8.42. The predicted octanol–water partition coefficient (Wildman–Crippen LogP) is 7.59. The largest absolute Gasteiger partial charge is 0.437 e. The van der Waals surface area contributed by atoms with Gasteiger partial charge in [0.05, 0.1) is 31.1 Å². The number of hydrogen-bond acceptors (Lipinski definition) is 8. The van der Waals surface area contributed by atoms with Gasteiger partial charge >= 0.3 is 12.2 Å². The van der Waals surface area contributed by atoms with Crippen molar-refractivity contribution in [2.75, 3.05) is 16.4 Å². The number of nitrogens with one attached hydrogen (secondary N) is 2. The lowest BCUT2D eigenvalue weighted by molar-refractivity contribution is 0.166. The van der Waals surface area contributed by atoms with E-state index in [1.807, 2.05) is 6.92 Å². The van der Waals surface area contributed by atoms with Crippen molar-refractivity contribution in [3.63, 3.8) is 0 Å². The Morgan fingerprint density at radius 3 is 2.03 bits per heavy atom. The maximum Gasteiger partial charge on any atom is 0.437 e. The molecule has 0 radical (unpaired) electrons. The van der Waals surface area contributed by atoms with Crippen LogP contribution in [0, 0.1) is 0 Å². The molecule has 1 unspecified atom stereocenters. The summed E-state index contributed by atoms with van der Waals surface area (Å²) in [5.41, 5.74) is 0.821. The summed E-state index contributed by atoms with van der Waals surface area (Å²) >= 11 is 26.1. The lowest BCUT2D eigenvalue weighted by Gasteiger charge is -2.13. The van der Waals surface area contributed by atoms with Gasteiger partial charge in [-0.05, 0) is 43.3 Å². The Balaban J connectivity index is 1.46. The Hall–Kier alpha value is -1.82. The van der Waals surface area contributed by atoms with Gasteiger partial charge in [0, 0.05) is 17.1 Å². The number of benzene rings is 2. The zero-order chi connectivity index (χ0) is 24.0. The number of anilines is 2. The molecule has 2 aromatic rings. The molecule has 8 nitrogen and oxygen atoms in total. The monoisotopic (exact) mass is 566 g/mol. The molecule has 2 aromatic carbocycles. The van der Waals surface area contributed by atoms with Gasteiger partial charge in [-0.25, -0.2) is 9.59 Å². The minimum Gasteiger partial charge on any atom is -0.298 e. The van der Waals surface area contributed by atoms with Crippen LogP contribution in [0.4, 0.5) is 21.0 Å². The maximum absolute atomic E-state index is 11.9. The third kappa shape index (κ3) is 7.87. The topological polar surface area (TPSA) is 101 Å². The zero-order valence-electron chi connectivity index (χ0n) is 16.6. The van der Waals surface area contributed by atoms with E-state index in [2.05, 4.69) is 20.9 Å². The summed E-state index contributed by atoms with van der Waals surface area (Å²) in [6, 6.07) is 9.22. The van der Waals surface area contributed by atoms with Gasteiger partial charge in [-0.3, -0.25) is 20.3 Å². The van der Waals surface area contributed by atoms with Gasteiger partial charge in [-0.1, -0.05) is 80.2 Å². The van der Waals surface area contributed by atoms with Gasteiger partial charge in [0.2, 0.25) is 0 Å². The Bertz CT molecular complexity index is 1130. The standard InChI is InChI=1S/C19H14Cl4N4O4S2/c1-19(8-24-30-16(28)25-10-2-4-12(20)14(22)6-10)9-32-18(33-19)27-31-17(29)26-11-3-5-13(21)15(23)7-11/h2-8H,9H2,1H3,(H,25,28)(H,26,29). The van der Waals surface area contributed by atoms with Crippen LogP contribution in [0.2, 0.25) is 20.1 Å². The number of thioether (sulfide) groups is 2. The Morgan fingerprint density at radius 1 is 0.939 bits per heavy atom. The minimum absolute atomic E-state index is 0.296. The van der Waals surface area contributed by atoms with Crippen molar-refractivity contribution in [2.24, 2.45) is 10.3 Å². The van der Waals surface area contributed by atoms with E-state index in [9.17, 15) is 9.59 Å². The lowest BCUT2D eigenvalue weighted by Crippen LogP contribution is -2.22. The first-order valence-electron chi connectivity index (χ1n) is 8.94. The quantitative estimate of drug-likeness (QED) is 0.219. The normalized spacial score (nSPS) is 19.0. The number of hydrogen-bond donors (Lipinski definition) is 2. The Kier molecular flexibility index (Phi) is 9.02. The van der Waals surface area contributed by atoms with Crippen LogP contribution in [0.1, 0.15) is 6.92 Å². The van der Waals surface area contributed by atoms with Crippen LogP contribution in [0.3, 0.4) is 0 Å². The van der Waals surface area contributed by atoms with Crippen molar-refractivity contribution < 1.29 is 19.3 Å². The van der Waals surface area contributed by atoms with Gasteiger partial charge in [-0.2, -0.15) is 0 Å². The highest BCUT2D eigenvalue weighted by atomic mass is 35.5. The third-order valence-corrected chi connectivity index (χ3v) is 8.09. The van der Waals surface area contributed by atoms with Gasteiger partial charge in [0.25, 0.3) is 0 Å². The van der Waals surface area contributed by atoms with E-state index in [0.29, 0.717) is 41.6 Å². The molecule has 3 rings (SSSR count). The average molecular weight is 568 g/mol. The summed E-state index contributed by atoms with van der Waals surface area (Å²) in [5.74, 6) is 0.565. The molecule has 2 amide bonds. The van der Waals surface area contributed by atoms with E-state index in [4.69, 9.17) is 56.1 Å². The summed E-state index contributed by atoms with van der Waals surface area (Å²) in [7, 11) is 0. The van der Waals surface area contributed by atoms with Crippen LogP contribution < -0.4 is 10.6 Å². The fourth-order valence-corrected chi connectivity index (χ4v) is 5.40. The summed E-state index contributed by atoms with van der Waals surface area (Å²) in [4.78, 5) is 33.5. The van der Waals surface area contributed by atoms with Crippen LogP contribution >= 0.6 is 69.9 Å². The summed E-state index contributed by atoms with van der Waals surface area (Å²) < 4.78 is -0.0230. The number of nitrogens with zero attached hydrogens (tertiary/aromatic N) is 2. The molecule has 1 aliphatic rings. The van der Waals surface area contributed by atoms with Crippen LogP contribution in [0.5, 0.6) is 0 Å². The summed E-state index contributed by atoms with van der Waals surface area (Å²) in [6.45, 7) is 1.87. The Labute approximate surface area is 217 Å². The zero-order valence-corrected chi connectivity index (χ0v) is 21.3. The molecule has 1 heterocycles. The second-order valence-electron chi connectivity index (χ2n) is 6.56. The first-order chi connectivity index (χ1) is 15.6. The molecular formula is C19H14Cl4N4O4S2. The van der Waals surface area contributed by atoms with Gasteiger partial charge in [0.1, 0.15) is 0 Å². The molecular weight excluding hydrogens is 554 g/mol. The maximum atomic E-state index is 11.9. The van der Waals surface area contributed by atoms with E-state index in [-0.39, 0.29) is 0 Å². The smallest absolute Gasteiger partial charge is 0.298 e. The highest BCUT2D eigenvalue weighted by Gasteiger charge is 2.34. The molecule has 174 valence electrons. The number of carbonyl (C=O) groups excluding carboxylic acids is 2. The van der Waals surface area contributed by atoms with E-state index in [1.54, 1.807) is 24.3 Å². The molecule has 2 N–H and O–H groups in total. The van der Waals surface area contributed by atoms with Crippen molar-refractivity contribution >= 4 is 104 Å². The summed E-state index contributed by atoms with van der Waals surface area (Å²) in [6.07, 6.45) is -0.107. The number of rotatable bonds is 5. The fourth-order valence-electron chi connectivity index (χ4n) is 2.27. The third-order valence-electron chi connectivity index (χ3n) is 3.80. The van der Waals surface area contributed by atoms with Crippen LogP contribution in [0.15, 0.2) is 46.7 Å². The lowest BCUT2D eigenvalue weighted by atomic mass is 10.2. The minimum atomic E-state index is -0.792. The molecule has 14 heteroatoms. The molecule has 0 saturated carbocycles. The van der Waals surface area contributed by atoms with Crippen molar-refractivity contribution in [1.29, 1.82) is 0 Å². The molecule has 1 fully saturated rings. The van der Waals surface area contributed by atoms with Gasteiger partial charge in [-0.15, -0.1) is 0 Å². The van der Waals surface area contributed by atoms with Crippen LogP contribution in [0.25, 0.3) is 0 Å². The Morgan fingerprint density at radius 2 is 1.48 bits per heavy atom. The van der Waals surface area contributed by atoms with Crippen molar-refractivity contribution in [1.82, 2.24) is 0 Å². The highest BCUT2D eigenvalue weighted by Crippen LogP contribution is 2.41. The fraction of sp³-hybridized carbons (Fsp3) is 0.158. The second-order valence-corrected chi connectivity index (χ2v) is 10.9. The molecule has 0 bridgehead atoms. The number of amides is 2. The number of oxime groups is 2. The first kappa shape index (κ1) is 25.8. The number of halogens is 4. The van der Waals surface area contributed by atoms with Crippen molar-refractivity contribution in [3.8, 4) is 0 Å². The van der Waals surface area contributed by atoms with E-state index in [0.717, 1.165) is 0 Å². The predicted molar refractivity (Wildman–Crippen MR) is 138 cm³/mol. The van der Waals surface area contributed by atoms with Crippen LogP contribution in [-0.4, -0.2) is 33.3 Å². The molecule has 0 aromatic heterocycles. The first-order valence-corrected chi connectivity index (χ1v) is 12.3. The number of carbonyl (C=O) groups is 2. The van der Waals surface area contributed by atoms with E-state index in [1.165, 1.54) is 41.9 Å². The molecule has 33 heavy (non-hydrogen) atoms. The summed E-state index contributed by atoms with van der Waals surface area (Å²) in [5, 5.41) is 13.9. The van der Waals surface area contributed by atoms with Crippen molar-refractivity contribution in [3.05, 3.63) is 56.5 Å². The molecule has 1 aliphatic heterocycles. The molecule has 1 atom stereocenters. The van der Waals surface area contributed by atoms with Crippen molar-refractivity contribution in [2.45, 2.75) is 11.7 Å². The van der Waals surface area contributed by atoms with Gasteiger partial charge in [0.15, 0.2) is 4.38 Å². The molecule has 0 spiro atoms. The SMILES string of the molecule is CC1(C=NOC(=O)Nc2ccc(Cl)c(Cl)c2)CSC(=NOC(=O)Nc2ccc(Cl)c(Cl)c2)S1. The van der Waals surface area contributed by atoms with E-state index >= 15 is 0 Å². The van der Waals surface area contributed by atoms with Crippen LogP contribution in [-0.2, 0) is 9.68 Å². The molecule has 1 saturated heterocycles. The average Bonchev–Trinajstić information content (AvgIpc) is 3.13. The second kappa shape index (κ2) is 11.5. The molecule has 0 aliphatic carbocycles. The van der Waals surface area contributed by atoms with Gasteiger partial charge < -0.3 is 0 Å².